The number of ether oxygens (including phenoxy) is 1. The molecule has 0 aromatic carbocycles. The molecule has 0 aliphatic carbocycles. The summed E-state index contributed by atoms with van der Waals surface area (Å²) in [5, 5.41) is 3.50. The Morgan fingerprint density at radius 1 is 1.29 bits per heavy atom. The minimum atomic E-state index is 0.503. The number of hydrogen-bond donors (Lipinski definition) is 1. The zero-order valence-corrected chi connectivity index (χ0v) is 13.7. The Balaban J connectivity index is 2.17. The molecule has 0 radical (unpaired) electrons. The Morgan fingerprint density at radius 2 is 2.14 bits per heavy atom. The van der Waals surface area contributed by atoms with E-state index in [0.717, 1.165) is 57.9 Å². The van der Waals surface area contributed by atoms with Crippen LogP contribution in [0.1, 0.15) is 44.9 Å². The van der Waals surface area contributed by atoms with Crippen molar-refractivity contribution in [1.82, 2.24) is 10.3 Å². The van der Waals surface area contributed by atoms with E-state index in [-0.39, 0.29) is 0 Å². The van der Waals surface area contributed by atoms with E-state index in [2.05, 4.69) is 43.1 Å². The maximum atomic E-state index is 5.55. The number of pyridine rings is 1. The molecule has 4 nitrogen and oxygen atoms in total. The van der Waals surface area contributed by atoms with Crippen molar-refractivity contribution >= 4 is 5.82 Å². The summed E-state index contributed by atoms with van der Waals surface area (Å²) < 4.78 is 5.55. The number of aromatic nitrogens is 1. The molecule has 1 aromatic rings. The molecule has 4 heteroatoms. The van der Waals surface area contributed by atoms with Gasteiger partial charge in [0.2, 0.25) is 0 Å². The van der Waals surface area contributed by atoms with Crippen molar-refractivity contribution < 1.29 is 4.74 Å². The van der Waals surface area contributed by atoms with E-state index in [1.165, 1.54) is 11.3 Å². The van der Waals surface area contributed by atoms with Gasteiger partial charge >= 0.3 is 0 Å². The summed E-state index contributed by atoms with van der Waals surface area (Å²) in [7, 11) is 0. The second kappa shape index (κ2) is 8.35. The molecule has 1 aromatic heterocycles. The molecule has 0 bridgehead atoms. The van der Waals surface area contributed by atoms with Gasteiger partial charge in [-0.1, -0.05) is 27.2 Å². The topological polar surface area (TPSA) is 37.4 Å². The molecule has 1 saturated heterocycles. The van der Waals surface area contributed by atoms with Crippen LogP contribution in [0.25, 0.3) is 0 Å². The Bertz CT molecular complexity index is 426. The number of nitrogens with one attached hydrogen (secondary N) is 1. The first-order chi connectivity index (χ1) is 10.2. The maximum Gasteiger partial charge on any atom is 0.129 e. The molecule has 2 heterocycles. The average Bonchev–Trinajstić information content (AvgIpc) is 2.74. The van der Waals surface area contributed by atoms with Gasteiger partial charge in [-0.3, -0.25) is 0 Å². The van der Waals surface area contributed by atoms with Crippen LogP contribution in [0.5, 0.6) is 0 Å². The zero-order chi connectivity index (χ0) is 15.1. The van der Waals surface area contributed by atoms with E-state index in [4.69, 9.17) is 9.72 Å². The van der Waals surface area contributed by atoms with E-state index in [1.807, 2.05) is 0 Å². The van der Waals surface area contributed by atoms with Gasteiger partial charge in [-0.15, -0.1) is 0 Å². The second-order valence-corrected chi connectivity index (χ2v) is 6.06. The van der Waals surface area contributed by atoms with Crippen LogP contribution in [0.2, 0.25) is 0 Å². The van der Waals surface area contributed by atoms with Gasteiger partial charge in [0, 0.05) is 38.0 Å². The van der Waals surface area contributed by atoms with E-state index >= 15 is 0 Å². The van der Waals surface area contributed by atoms with Crippen molar-refractivity contribution in [3.63, 3.8) is 0 Å². The lowest BCUT2D eigenvalue weighted by Gasteiger charge is -2.22. The predicted molar refractivity (Wildman–Crippen MR) is 87.9 cm³/mol. The van der Waals surface area contributed by atoms with Crippen LogP contribution in [-0.2, 0) is 17.7 Å². The minimum Gasteiger partial charge on any atom is -0.380 e. The minimum absolute atomic E-state index is 0.503. The normalized spacial score (nSPS) is 16.3. The number of anilines is 1. The zero-order valence-electron chi connectivity index (χ0n) is 13.7. The molecule has 0 atom stereocenters. The molecule has 2 rings (SSSR count). The van der Waals surface area contributed by atoms with Crippen LogP contribution in [0.15, 0.2) is 12.1 Å². The van der Waals surface area contributed by atoms with Gasteiger partial charge in [-0.2, -0.15) is 0 Å². The SMILES string of the molecule is CCCc1cc(CNC(C)C)cc(N2CCCOCC2)n1. The van der Waals surface area contributed by atoms with Crippen LogP contribution in [0, 0.1) is 0 Å². The molecular formula is C17H29N3O. The number of hydrogen-bond acceptors (Lipinski definition) is 4. The first-order valence-electron chi connectivity index (χ1n) is 8.25. The highest BCUT2D eigenvalue weighted by Crippen LogP contribution is 2.18. The van der Waals surface area contributed by atoms with Gasteiger partial charge in [0.05, 0.1) is 6.61 Å². The lowest BCUT2D eigenvalue weighted by atomic mass is 10.1. The van der Waals surface area contributed by atoms with E-state index in [9.17, 15) is 0 Å². The Morgan fingerprint density at radius 3 is 2.90 bits per heavy atom. The van der Waals surface area contributed by atoms with Gasteiger partial charge in [-0.05, 0) is 30.5 Å². The number of aryl methyl sites for hydroxylation is 1. The summed E-state index contributed by atoms with van der Waals surface area (Å²) >= 11 is 0. The fraction of sp³-hybridized carbons (Fsp3) is 0.706. The van der Waals surface area contributed by atoms with Crippen molar-refractivity contribution in [3.05, 3.63) is 23.4 Å². The lowest BCUT2D eigenvalue weighted by Crippen LogP contribution is -2.28. The average molecular weight is 291 g/mol. The summed E-state index contributed by atoms with van der Waals surface area (Å²) in [6, 6.07) is 4.99. The number of rotatable bonds is 6. The molecule has 1 fully saturated rings. The third kappa shape index (κ3) is 5.29. The molecule has 1 aliphatic rings. The highest BCUT2D eigenvalue weighted by molar-refractivity contribution is 5.43. The largest absolute Gasteiger partial charge is 0.380 e. The van der Waals surface area contributed by atoms with Crippen molar-refractivity contribution in [3.8, 4) is 0 Å². The molecule has 0 saturated carbocycles. The molecule has 0 unspecified atom stereocenters. The third-order valence-corrected chi connectivity index (χ3v) is 3.69. The molecular weight excluding hydrogens is 262 g/mol. The van der Waals surface area contributed by atoms with Gasteiger partial charge in [0.15, 0.2) is 0 Å². The fourth-order valence-electron chi connectivity index (χ4n) is 2.58. The van der Waals surface area contributed by atoms with Crippen molar-refractivity contribution in [2.75, 3.05) is 31.2 Å². The summed E-state index contributed by atoms with van der Waals surface area (Å²) in [5.41, 5.74) is 2.54. The Labute approximate surface area is 128 Å². The molecule has 21 heavy (non-hydrogen) atoms. The third-order valence-electron chi connectivity index (χ3n) is 3.69. The second-order valence-electron chi connectivity index (χ2n) is 6.06. The predicted octanol–water partition coefficient (Wildman–Crippen LogP) is 2.76. The molecule has 118 valence electrons. The summed E-state index contributed by atoms with van der Waals surface area (Å²) in [6.07, 6.45) is 3.27. The van der Waals surface area contributed by atoms with Crippen molar-refractivity contribution in [2.24, 2.45) is 0 Å². The van der Waals surface area contributed by atoms with Crippen LogP contribution in [-0.4, -0.2) is 37.3 Å². The first-order valence-corrected chi connectivity index (χ1v) is 8.25. The number of nitrogens with zero attached hydrogens (tertiary/aromatic N) is 2. The van der Waals surface area contributed by atoms with Gasteiger partial charge in [-0.25, -0.2) is 4.98 Å². The fourth-order valence-corrected chi connectivity index (χ4v) is 2.58. The van der Waals surface area contributed by atoms with E-state index in [1.54, 1.807) is 0 Å². The quantitative estimate of drug-likeness (QED) is 0.874. The van der Waals surface area contributed by atoms with Crippen molar-refractivity contribution in [2.45, 2.75) is 52.6 Å². The molecule has 0 spiro atoms. The van der Waals surface area contributed by atoms with Crippen LogP contribution in [0.4, 0.5) is 5.82 Å². The molecule has 0 amide bonds. The maximum absolute atomic E-state index is 5.55. The van der Waals surface area contributed by atoms with Gasteiger partial charge in [0.1, 0.15) is 5.82 Å². The highest BCUT2D eigenvalue weighted by atomic mass is 16.5. The smallest absolute Gasteiger partial charge is 0.129 e. The van der Waals surface area contributed by atoms with Gasteiger partial charge in [0.25, 0.3) is 0 Å². The summed E-state index contributed by atoms with van der Waals surface area (Å²) in [5.74, 6) is 1.12. The van der Waals surface area contributed by atoms with Gasteiger partial charge < -0.3 is 15.0 Å². The van der Waals surface area contributed by atoms with E-state index in [0.29, 0.717) is 6.04 Å². The first kappa shape index (κ1) is 16.2. The Kier molecular flexibility index (Phi) is 6.46. The standard InChI is InChI=1S/C17H29N3O/c1-4-6-16-11-15(13-18-14(2)3)12-17(19-16)20-7-5-9-21-10-8-20/h11-12,14,18H,4-10,13H2,1-3H3. The van der Waals surface area contributed by atoms with E-state index < -0.39 is 0 Å². The molecule has 1 aliphatic heterocycles. The Hall–Kier alpha value is -1.13. The highest BCUT2D eigenvalue weighted by Gasteiger charge is 2.13. The van der Waals surface area contributed by atoms with Crippen LogP contribution >= 0.6 is 0 Å². The summed E-state index contributed by atoms with van der Waals surface area (Å²) in [6.45, 7) is 11.1. The molecule has 1 N–H and O–H groups in total. The lowest BCUT2D eigenvalue weighted by molar-refractivity contribution is 0.152. The van der Waals surface area contributed by atoms with Crippen LogP contribution < -0.4 is 10.2 Å². The summed E-state index contributed by atoms with van der Waals surface area (Å²) in [4.78, 5) is 7.22. The monoisotopic (exact) mass is 291 g/mol. The van der Waals surface area contributed by atoms with Crippen LogP contribution in [0.3, 0.4) is 0 Å². The van der Waals surface area contributed by atoms with Crippen molar-refractivity contribution in [1.29, 1.82) is 0 Å².